The van der Waals surface area contributed by atoms with Crippen molar-refractivity contribution in [3.8, 4) is 0 Å². The third-order valence-corrected chi connectivity index (χ3v) is 3.44. The number of amides is 1. The van der Waals surface area contributed by atoms with Gasteiger partial charge < -0.3 is 4.90 Å². The Balaban J connectivity index is 0.000000531. The quantitative estimate of drug-likeness (QED) is 0.652. The molecule has 0 unspecified atom stereocenters. The minimum absolute atomic E-state index is 0.380. The number of nitrogens with zero attached hydrogens (tertiary/aromatic N) is 1. The molecule has 0 bridgehead atoms. The molecule has 2 rings (SSSR count). The molecule has 2 heteroatoms. The van der Waals surface area contributed by atoms with Crippen LogP contribution in [0.15, 0.2) is 0 Å². The molecule has 1 atom stereocenters. The molecule has 1 saturated heterocycles. The Hall–Kier alpha value is -0.530. The maximum Gasteiger partial charge on any atom is 0.225 e. The van der Waals surface area contributed by atoms with Crippen molar-refractivity contribution >= 4 is 5.91 Å². The average molecular weight is 211 g/mol. The van der Waals surface area contributed by atoms with Crippen LogP contribution in [0.4, 0.5) is 0 Å². The summed E-state index contributed by atoms with van der Waals surface area (Å²) in [6.07, 6.45) is 6.02. The Labute approximate surface area is 94.0 Å². The van der Waals surface area contributed by atoms with Gasteiger partial charge in [-0.25, -0.2) is 0 Å². The summed E-state index contributed by atoms with van der Waals surface area (Å²) in [7, 11) is 0. The van der Waals surface area contributed by atoms with Crippen molar-refractivity contribution in [3.05, 3.63) is 0 Å². The minimum atomic E-state index is 0.380. The highest BCUT2D eigenvalue weighted by molar-refractivity contribution is 5.79. The number of hydrogen-bond acceptors (Lipinski definition) is 1. The van der Waals surface area contributed by atoms with Crippen molar-refractivity contribution < 1.29 is 4.79 Å². The molecule has 1 aliphatic carbocycles. The molecule has 1 saturated carbocycles. The number of hydrogen-bond donors (Lipinski definition) is 0. The standard InChI is InChI=1S/C11H19NO.C2H6/c1-9-6-7-12(8-9)11(13)10-4-2-3-5-10;1-2/h9-10H,2-8H2,1H3;1-2H3/t9-;/m1./s1. The third-order valence-electron chi connectivity index (χ3n) is 3.44. The second-order valence-electron chi connectivity index (χ2n) is 4.66. The van der Waals surface area contributed by atoms with Crippen LogP contribution in [-0.4, -0.2) is 23.9 Å². The maximum absolute atomic E-state index is 11.9. The maximum atomic E-state index is 11.9. The van der Waals surface area contributed by atoms with E-state index in [1.54, 1.807) is 0 Å². The van der Waals surface area contributed by atoms with Crippen LogP contribution >= 0.6 is 0 Å². The zero-order valence-electron chi connectivity index (χ0n) is 10.5. The number of carbonyl (C=O) groups excluding carboxylic acids is 1. The fourth-order valence-corrected chi connectivity index (χ4v) is 2.57. The van der Waals surface area contributed by atoms with Crippen LogP contribution in [0.2, 0.25) is 0 Å². The summed E-state index contributed by atoms with van der Waals surface area (Å²) in [5.41, 5.74) is 0. The lowest BCUT2D eigenvalue weighted by atomic mass is 10.1. The van der Waals surface area contributed by atoms with Gasteiger partial charge in [0.2, 0.25) is 5.91 Å². The topological polar surface area (TPSA) is 20.3 Å². The first-order valence-corrected chi connectivity index (χ1v) is 6.56. The van der Waals surface area contributed by atoms with E-state index in [0.29, 0.717) is 11.8 Å². The molecule has 1 amide bonds. The summed E-state index contributed by atoms with van der Waals surface area (Å²) in [5, 5.41) is 0. The monoisotopic (exact) mass is 211 g/mol. The van der Waals surface area contributed by atoms with Gasteiger partial charge in [-0.15, -0.1) is 0 Å². The highest BCUT2D eigenvalue weighted by Crippen LogP contribution is 2.28. The van der Waals surface area contributed by atoms with E-state index < -0.39 is 0 Å². The van der Waals surface area contributed by atoms with Gasteiger partial charge in [0.1, 0.15) is 0 Å². The molecule has 0 aromatic heterocycles. The molecule has 88 valence electrons. The van der Waals surface area contributed by atoms with Crippen LogP contribution < -0.4 is 0 Å². The van der Waals surface area contributed by atoms with Crippen molar-refractivity contribution in [2.75, 3.05) is 13.1 Å². The molecule has 0 radical (unpaired) electrons. The van der Waals surface area contributed by atoms with E-state index in [1.165, 1.54) is 19.3 Å². The summed E-state index contributed by atoms with van der Waals surface area (Å²) in [5.74, 6) is 1.55. The third kappa shape index (κ3) is 3.22. The second-order valence-corrected chi connectivity index (χ2v) is 4.66. The largest absolute Gasteiger partial charge is 0.342 e. The SMILES string of the molecule is CC.C[C@@H]1CCN(C(=O)C2CCCC2)C1. The van der Waals surface area contributed by atoms with E-state index in [-0.39, 0.29) is 0 Å². The second kappa shape index (κ2) is 6.14. The molecule has 0 aromatic carbocycles. The van der Waals surface area contributed by atoms with E-state index in [1.807, 2.05) is 13.8 Å². The normalized spacial score (nSPS) is 26.3. The molecular formula is C13H25NO. The Bertz CT molecular complexity index is 197. The lowest BCUT2D eigenvalue weighted by molar-refractivity contribution is -0.134. The van der Waals surface area contributed by atoms with Gasteiger partial charge in [0.15, 0.2) is 0 Å². The van der Waals surface area contributed by atoms with E-state index in [0.717, 1.165) is 31.8 Å². The smallest absolute Gasteiger partial charge is 0.225 e. The predicted molar refractivity (Wildman–Crippen MR) is 63.7 cm³/mol. The molecule has 1 aliphatic heterocycles. The summed E-state index contributed by atoms with van der Waals surface area (Å²) >= 11 is 0. The van der Waals surface area contributed by atoms with Crippen LogP contribution in [-0.2, 0) is 4.79 Å². The molecule has 1 heterocycles. The van der Waals surface area contributed by atoms with Gasteiger partial charge in [0.25, 0.3) is 0 Å². The lowest BCUT2D eigenvalue weighted by Gasteiger charge is -2.19. The Morgan fingerprint density at radius 3 is 2.20 bits per heavy atom. The van der Waals surface area contributed by atoms with Crippen LogP contribution in [0.5, 0.6) is 0 Å². The van der Waals surface area contributed by atoms with Gasteiger partial charge >= 0.3 is 0 Å². The Morgan fingerprint density at radius 2 is 1.73 bits per heavy atom. The van der Waals surface area contributed by atoms with Gasteiger partial charge in [0, 0.05) is 19.0 Å². The number of likely N-dealkylation sites (tertiary alicyclic amines) is 1. The van der Waals surface area contributed by atoms with Gasteiger partial charge in [-0.05, 0) is 25.2 Å². The fraction of sp³-hybridized carbons (Fsp3) is 0.923. The highest BCUT2D eigenvalue weighted by Gasteiger charge is 2.30. The van der Waals surface area contributed by atoms with Crippen LogP contribution in [0, 0.1) is 11.8 Å². The van der Waals surface area contributed by atoms with Crippen molar-refractivity contribution in [1.82, 2.24) is 4.90 Å². The van der Waals surface area contributed by atoms with Crippen molar-refractivity contribution in [2.45, 2.75) is 52.9 Å². The number of carbonyl (C=O) groups is 1. The van der Waals surface area contributed by atoms with Crippen molar-refractivity contribution in [3.63, 3.8) is 0 Å². The predicted octanol–water partition coefficient (Wildman–Crippen LogP) is 3.07. The zero-order chi connectivity index (χ0) is 11.3. The summed E-state index contributed by atoms with van der Waals surface area (Å²) in [6, 6.07) is 0. The van der Waals surface area contributed by atoms with Gasteiger partial charge in [0.05, 0.1) is 0 Å². The lowest BCUT2D eigenvalue weighted by Crippen LogP contribution is -2.33. The molecule has 0 spiro atoms. The molecule has 0 N–H and O–H groups in total. The van der Waals surface area contributed by atoms with Crippen molar-refractivity contribution in [1.29, 1.82) is 0 Å². The van der Waals surface area contributed by atoms with E-state index >= 15 is 0 Å². The first-order chi connectivity index (χ1) is 7.27. The van der Waals surface area contributed by atoms with Gasteiger partial charge in [-0.3, -0.25) is 4.79 Å². The summed E-state index contributed by atoms with van der Waals surface area (Å²) in [4.78, 5) is 14.0. The van der Waals surface area contributed by atoms with Crippen LogP contribution in [0.25, 0.3) is 0 Å². The van der Waals surface area contributed by atoms with E-state index in [4.69, 9.17) is 0 Å². The molecule has 0 aromatic rings. The number of rotatable bonds is 1. The molecule has 2 fully saturated rings. The Morgan fingerprint density at radius 1 is 1.13 bits per heavy atom. The Kier molecular flexibility index (Phi) is 5.13. The van der Waals surface area contributed by atoms with Gasteiger partial charge in [-0.1, -0.05) is 33.6 Å². The van der Waals surface area contributed by atoms with Crippen LogP contribution in [0.1, 0.15) is 52.9 Å². The minimum Gasteiger partial charge on any atom is -0.342 e. The average Bonchev–Trinajstić information content (AvgIpc) is 2.90. The molecular weight excluding hydrogens is 186 g/mol. The van der Waals surface area contributed by atoms with E-state index in [9.17, 15) is 4.79 Å². The van der Waals surface area contributed by atoms with Crippen LogP contribution in [0.3, 0.4) is 0 Å². The highest BCUT2D eigenvalue weighted by atomic mass is 16.2. The zero-order valence-corrected chi connectivity index (χ0v) is 10.5. The first kappa shape index (κ1) is 12.5. The van der Waals surface area contributed by atoms with E-state index in [2.05, 4.69) is 11.8 Å². The van der Waals surface area contributed by atoms with Gasteiger partial charge in [-0.2, -0.15) is 0 Å². The summed E-state index contributed by atoms with van der Waals surface area (Å²) < 4.78 is 0. The molecule has 2 nitrogen and oxygen atoms in total. The molecule has 15 heavy (non-hydrogen) atoms. The fourth-order valence-electron chi connectivity index (χ4n) is 2.57. The summed E-state index contributed by atoms with van der Waals surface area (Å²) in [6.45, 7) is 8.26. The first-order valence-electron chi connectivity index (χ1n) is 6.56. The van der Waals surface area contributed by atoms with Crippen molar-refractivity contribution in [2.24, 2.45) is 11.8 Å². The molecule has 2 aliphatic rings.